The molecule has 1 aromatic heterocycles. The van der Waals surface area contributed by atoms with E-state index in [1.807, 2.05) is 18.2 Å². The molecule has 0 atom stereocenters. The molecule has 0 saturated carbocycles. The first-order valence-electron chi connectivity index (χ1n) is 5.35. The van der Waals surface area contributed by atoms with E-state index in [0.717, 1.165) is 16.9 Å². The molecule has 0 spiro atoms. The van der Waals surface area contributed by atoms with E-state index >= 15 is 0 Å². The molecule has 0 aliphatic rings. The molecular weight excluding hydrogens is 266 g/mol. The maximum Gasteiger partial charge on any atom is 0.169 e. The molecule has 0 aliphatic heterocycles. The van der Waals surface area contributed by atoms with Gasteiger partial charge in [-0.15, -0.1) is 0 Å². The molecule has 0 unspecified atom stereocenters. The summed E-state index contributed by atoms with van der Waals surface area (Å²) in [6, 6.07) is 12.2. The average molecular weight is 280 g/mol. The molecule has 1 aromatic carbocycles. The smallest absolute Gasteiger partial charge is 0.169 e. The van der Waals surface area contributed by atoms with Crippen LogP contribution < -0.4 is 5.32 Å². The number of anilines is 1. The van der Waals surface area contributed by atoms with Crippen molar-refractivity contribution in [2.75, 3.05) is 5.32 Å². The summed E-state index contributed by atoms with van der Waals surface area (Å²) in [4.78, 5) is 0. The van der Waals surface area contributed by atoms with Crippen LogP contribution in [0.4, 0.5) is 5.69 Å². The molecule has 0 saturated heterocycles. The van der Waals surface area contributed by atoms with Crippen LogP contribution >= 0.6 is 15.9 Å². The summed E-state index contributed by atoms with van der Waals surface area (Å²) in [5, 5.41) is 3.38. The predicted octanol–water partition coefficient (Wildman–Crippen LogP) is 4.22. The number of rotatable bonds is 4. The van der Waals surface area contributed by atoms with Crippen LogP contribution in [0.25, 0.3) is 0 Å². The molecular formula is C13H14BrNO. The van der Waals surface area contributed by atoms with Crippen molar-refractivity contribution in [3.63, 3.8) is 0 Å². The van der Waals surface area contributed by atoms with Gasteiger partial charge < -0.3 is 9.73 Å². The van der Waals surface area contributed by atoms with Gasteiger partial charge in [0, 0.05) is 5.69 Å². The van der Waals surface area contributed by atoms with Crippen molar-refractivity contribution in [3.8, 4) is 0 Å². The van der Waals surface area contributed by atoms with Crippen LogP contribution in [-0.4, -0.2) is 0 Å². The molecule has 16 heavy (non-hydrogen) atoms. The molecule has 2 aromatic rings. The number of aryl methyl sites for hydroxylation is 1. The van der Waals surface area contributed by atoms with Crippen molar-refractivity contribution in [3.05, 3.63) is 52.4 Å². The van der Waals surface area contributed by atoms with Crippen LogP contribution in [0.1, 0.15) is 18.2 Å². The fourth-order valence-corrected chi connectivity index (χ4v) is 1.97. The number of halogens is 1. The van der Waals surface area contributed by atoms with Gasteiger partial charge in [-0.3, -0.25) is 0 Å². The second-order valence-electron chi connectivity index (χ2n) is 3.57. The van der Waals surface area contributed by atoms with Gasteiger partial charge in [-0.1, -0.05) is 25.1 Å². The zero-order chi connectivity index (χ0) is 11.4. The number of para-hydroxylation sites is 1. The van der Waals surface area contributed by atoms with E-state index < -0.39 is 0 Å². The number of hydrogen-bond donors (Lipinski definition) is 1. The van der Waals surface area contributed by atoms with Crippen LogP contribution in [0.15, 0.2) is 45.5 Å². The maximum absolute atomic E-state index is 5.43. The van der Waals surface area contributed by atoms with Crippen molar-refractivity contribution in [2.24, 2.45) is 0 Å². The second-order valence-corrected chi connectivity index (χ2v) is 4.35. The summed E-state index contributed by atoms with van der Waals surface area (Å²) in [6.45, 7) is 2.87. The Morgan fingerprint density at radius 3 is 2.69 bits per heavy atom. The van der Waals surface area contributed by atoms with E-state index in [9.17, 15) is 0 Å². The first-order chi connectivity index (χ1) is 7.79. The lowest BCUT2D eigenvalue weighted by Crippen LogP contribution is -2.00. The molecule has 1 heterocycles. The third-order valence-corrected chi connectivity index (χ3v) is 2.91. The zero-order valence-electron chi connectivity index (χ0n) is 9.16. The highest BCUT2D eigenvalue weighted by atomic mass is 79.9. The van der Waals surface area contributed by atoms with Crippen LogP contribution in [-0.2, 0) is 13.0 Å². The monoisotopic (exact) mass is 279 g/mol. The molecule has 0 radical (unpaired) electrons. The van der Waals surface area contributed by atoms with E-state index in [2.05, 4.69) is 46.4 Å². The highest BCUT2D eigenvalue weighted by Gasteiger charge is 2.01. The van der Waals surface area contributed by atoms with Crippen molar-refractivity contribution >= 4 is 21.6 Å². The summed E-state index contributed by atoms with van der Waals surface area (Å²) >= 11 is 3.29. The number of benzene rings is 1. The molecule has 1 N–H and O–H groups in total. The Kier molecular flexibility index (Phi) is 3.67. The summed E-state index contributed by atoms with van der Waals surface area (Å²) < 4.78 is 6.20. The highest BCUT2D eigenvalue weighted by molar-refractivity contribution is 9.10. The quantitative estimate of drug-likeness (QED) is 0.907. The summed E-state index contributed by atoms with van der Waals surface area (Å²) in [5.41, 5.74) is 2.51. The average Bonchev–Trinajstić information content (AvgIpc) is 2.73. The lowest BCUT2D eigenvalue weighted by atomic mass is 10.1. The van der Waals surface area contributed by atoms with Gasteiger partial charge >= 0.3 is 0 Å². The Morgan fingerprint density at radius 2 is 2.00 bits per heavy atom. The van der Waals surface area contributed by atoms with Crippen molar-refractivity contribution < 1.29 is 4.42 Å². The molecule has 0 fully saturated rings. The SMILES string of the molecule is CCc1ccccc1NCc1ccc(Br)o1. The first-order valence-corrected chi connectivity index (χ1v) is 6.15. The molecule has 2 nitrogen and oxygen atoms in total. The van der Waals surface area contributed by atoms with E-state index in [4.69, 9.17) is 4.42 Å². The van der Waals surface area contributed by atoms with E-state index in [1.165, 1.54) is 11.3 Å². The van der Waals surface area contributed by atoms with Crippen molar-refractivity contribution in [1.82, 2.24) is 0 Å². The van der Waals surface area contributed by atoms with E-state index in [1.54, 1.807) is 0 Å². The van der Waals surface area contributed by atoms with E-state index in [0.29, 0.717) is 6.54 Å². The van der Waals surface area contributed by atoms with Gasteiger partial charge in [-0.05, 0) is 46.1 Å². The zero-order valence-corrected chi connectivity index (χ0v) is 10.8. The van der Waals surface area contributed by atoms with Gasteiger partial charge in [0.05, 0.1) is 6.54 Å². The Hall–Kier alpha value is -1.22. The topological polar surface area (TPSA) is 25.2 Å². The Balaban J connectivity index is 2.04. The Morgan fingerprint density at radius 1 is 1.19 bits per heavy atom. The molecule has 0 bridgehead atoms. The molecule has 2 rings (SSSR count). The number of hydrogen-bond acceptors (Lipinski definition) is 2. The minimum absolute atomic E-state index is 0.711. The molecule has 0 aliphatic carbocycles. The van der Waals surface area contributed by atoms with Crippen LogP contribution in [0.2, 0.25) is 0 Å². The summed E-state index contributed by atoms with van der Waals surface area (Å²) in [7, 11) is 0. The maximum atomic E-state index is 5.43. The lowest BCUT2D eigenvalue weighted by Gasteiger charge is -2.09. The largest absolute Gasteiger partial charge is 0.452 e. The Bertz CT molecular complexity index is 464. The van der Waals surface area contributed by atoms with Crippen molar-refractivity contribution in [2.45, 2.75) is 19.9 Å². The van der Waals surface area contributed by atoms with Gasteiger partial charge in [0.15, 0.2) is 4.67 Å². The summed E-state index contributed by atoms with van der Waals surface area (Å²) in [5.74, 6) is 0.929. The van der Waals surface area contributed by atoms with Gasteiger partial charge in [0.1, 0.15) is 5.76 Å². The highest BCUT2D eigenvalue weighted by Crippen LogP contribution is 2.18. The van der Waals surface area contributed by atoms with Crippen LogP contribution in [0.5, 0.6) is 0 Å². The molecule has 0 amide bonds. The fourth-order valence-electron chi connectivity index (χ4n) is 1.63. The van der Waals surface area contributed by atoms with Gasteiger partial charge in [-0.25, -0.2) is 0 Å². The third-order valence-electron chi connectivity index (χ3n) is 2.48. The normalized spacial score (nSPS) is 10.4. The minimum atomic E-state index is 0.711. The number of furan rings is 1. The van der Waals surface area contributed by atoms with Gasteiger partial charge in [-0.2, -0.15) is 0 Å². The second kappa shape index (κ2) is 5.21. The fraction of sp³-hybridized carbons (Fsp3) is 0.231. The van der Waals surface area contributed by atoms with Gasteiger partial charge in [0.2, 0.25) is 0 Å². The number of nitrogens with one attached hydrogen (secondary N) is 1. The molecule has 84 valence electrons. The van der Waals surface area contributed by atoms with Crippen LogP contribution in [0.3, 0.4) is 0 Å². The predicted molar refractivity (Wildman–Crippen MR) is 69.6 cm³/mol. The first kappa shape index (κ1) is 11.3. The minimum Gasteiger partial charge on any atom is -0.452 e. The molecule has 3 heteroatoms. The van der Waals surface area contributed by atoms with Crippen LogP contribution in [0, 0.1) is 0 Å². The van der Waals surface area contributed by atoms with E-state index in [-0.39, 0.29) is 0 Å². The standard InChI is InChI=1S/C13H14BrNO/c1-2-10-5-3-4-6-12(10)15-9-11-7-8-13(14)16-11/h3-8,15H,2,9H2,1H3. The Labute approximate surface area is 104 Å². The lowest BCUT2D eigenvalue weighted by molar-refractivity contribution is 0.495. The van der Waals surface area contributed by atoms with Gasteiger partial charge in [0.25, 0.3) is 0 Å². The summed E-state index contributed by atoms with van der Waals surface area (Å²) in [6.07, 6.45) is 1.03. The van der Waals surface area contributed by atoms with Crippen molar-refractivity contribution in [1.29, 1.82) is 0 Å². The third kappa shape index (κ3) is 2.67.